The highest BCUT2D eigenvalue weighted by Crippen LogP contribution is 2.17. The highest BCUT2D eigenvalue weighted by Gasteiger charge is 2.28. The highest BCUT2D eigenvalue weighted by atomic mass is 16.6. The molecule has 3 nitrogen and oxygen atoms in total. The second kappa shape index (κ2) is 2.20. The molecule has 2 rings (SSSR count). The smallest absolute Gasteiger partial charge is 0.346 e. The highest BCUT2D eigenvalue weighted by molar-refractivity contribution is 6.33. The molecule has 0 saturated carbocycles. The van der Waals surface area contributed by atoms with E-state index in [0.717, 1.165) is 5.46 Å². The minimum atomic E-state index is -0.546. The fraction of sp³-hybridized carbons (Fsp3) is 0. The van der Waals surface area contributed by atoms with Gasteiger partial charge in [-0.05, 0) is 6.07 Å². The van der Waals surface area contributed by atoms with E-state index in [4.69, 9.17) is 0 Å². The van der Waals surface area contributed by atoms with Crippen molar-refractivity contribution in [2.24, 2.45) is 0 Å². The molecule has 0 spiro atoms. The van der Waals surface area contributed by atoms with Crippen LogP contribution in [0.1, 0.15) is 20.7 Å². The molecule has 1 aliphatic rings. The number of benzene rings is 1. The van der Waals surface area contributed by atoms with Crippen LogP contribution < -0.4 is 5.46 Å². The van der Waals surface area contributed by atoms with Crippen LogP contribution in [-0.4, -0.2) is 19.8 Å². The molecule has 0 bridgehead atoms. The lowest BCUT2D eigenvalue weighted by atomic mass is 9.93. The van der Waals surface area contributed by atoms with E-state index in [1.807, 2.05) is 7.85 Å². The minimum Gasteiger partial charge on any atom is -0.386 e. The van der Waals surface area contributed by atoms with Crippen molar-refractivity contribution in [2.45, 2.75) is 0 Å². The molecule has 0 N–H and O–H groups in total. The number of carbonyl (C=O) groups excluding carboxylic acids is 2. The van der Waals surface area contributed by atoms with Gasteiger partial charge in [0, 0.05) is 0 Å². The Labute approximate surface area is 69.7 Å². The molecule has 0 saturated heterocycles. The third kappa shape index (κ3) is 0.846. The maximum Gasteiger partial charge on any atom is 0.346 e. The van der Waals surface area contributed by atoms with Crippen LogP contribution in [0.3, 0.4) is 0 Å². The molecule has 12 heavy (non-hydrogen) atoms. The average molecular weight is 160 g/mol. The van der Waals surface area contributed by atoms with Crippen LogP contribution >= 0.6 is 0 Å². The van der Waals surface area contributed by atoms with E-state index in [2.05, 4.69) is 4.74 Å². The monoisotopic (exact) mass is 160 g/mol. The zero-order chi connectivity index (χ0) is 8.72. The van der Waals surface area contributed by atoms with Crippen LogP contribution in [0.4, 0.5) is 0 Å². The van der Waals surface area contributed by atoms with E-state index in [1.165, 1.54) is 0 Å². The van der Waals surface area contributed by atoms with Gasteiger partial charge in [-0.3, -0.25) is 0 Å². The van der Waals surface area contributed by atoms with Crippen molar-refractivity contribution in [1.29, 1.82) is 0 Å². The molecular formula is C8H5BO3. The summed E-state index contributed by atoms with van der Waals surface area (Å²) in [6.07, 6.45) is 0. The number of hydrogen-bond acceptors (Lipinski definition) is 3. The minimum absolute atomic E-state index is 0.366. The van der Waals surface area contributed by atoms with Crippen molar-refractivity contribution < 1.29 is 14.3 Å². The zero-order valence-corrected chi connectivity index (χ0v) is 6.46. The Bertz CT molecular complexity index is 384. The topological polar surface area (TPSA) is 43.4 Å². The Hall–Kier alpha value is -1.58. The van der Waals surface area contributed by atoms with Crippen molar-refractivity contribution in [3.8, 4) is 0 Å². The normalized spacial score (nSPS) is 14.3. The van der Waals surface area contributed by atoms with Crippen molar-refractivity contribution >= 4 is 25.2 Å². The van der Waals surface area contributed by atoms with Crippen LogP contribution in [0.5, 0.6) is 0 Å². The molecule has 1 heterocycles. The van der Waals surface area contributed by atoms with E-state index in [-0.39, 0.29) is 0 Å². The van der Waals surface area contributed by atoms with Crippen molar-refractivity contribution in [2.75, 3.05) is 0 Å². The average Bonchev–Trinajstić information content (AvgIpc) is 2.28. The Balaban J connectivity index is 2.68. The molecule has 0 unspecified atom stereocenters. The summed E-state index contributed by atoms with van der Waals surface area (Å²) in [5.41, 5.74) is 1.69. The van der Waals surface area contributed by atoms with E-state index in [9.17, 15) is 9.59 Å². The van der Waals surface area contributed by atoms with Gasteiger partial charge >= 0.3 is 11.9 Å². The van der Waals surface area contributed by atoms with E-state index in [0.29, 0.717) is 11.1 Å². The number of esters is 2. The SMILES string of the molecule is Bc1ccc2c(c1)C(=O)OC2=O. The van der Waals surface area contributed by atoms with Crippen molar-refractivity contribution in [3.63, 3.8) is 0 Å². The molecule has 0 aliphatic carbocycles. The van der Waals surface area contributed by atoms with E-state index in [1.54, 1.807) is 18.2 Å². The summed E-state index contributed by atoms with van der Waals surface area (Å²) in [7, 11) is 1.86. The van der Waals surface area contributed by atoms with E-state index < -0.39 is 11.9 Å². The summed E-state index contributed by atoms with van der Waals surface area (Å²) < 4.78 is 4.41. The maximum absolute atomic E-state index is 11.0. The van der Waals surface area contributed by atoms with Crippen LogP contribution in [0.2, 0.25) is 0 Å². The maximum atomic E-state index is 11.0. The second-order valence-corrected chi connectivity index (χ2v) is 2.73. The van der Waals surface area contributed by atoms with Gasteiger partial charge in [-0.2, -0.15) is 0 Å². The fourth-order valence-electron chi connectivity index (χ4n) is 1.20. The first-order chi connectivity index (χ1) is 5.68. The van der Waals surface area contributed by atoms with Gasteiger partial charge in [0.1, 0.15) is 7.85 Å². The van der Waals surface area contributed by atoms with Crippen LogP contribution in [-0.2, 0) is 4.74 Å². The Morgan fingerprint density at radius 3 is 2.50 bits per heavy atom. The van der Waals surface area contributed by atoms with Crippen LogP contribution in [0, 0.1) is 0 Å². The Morgan fingerprint density at radius 2 is 1.75 bits per heavy atom. The summed E-state index contributed by atoms with van der Waals surface area (Å²) in [5, 5.41) is 0. The lowest BCUT2D eigenvalue weighted by Crippen LogP contribution is -2.05. The first-order valence-corrected chi connectivity index (χ1v) is 3.55. The van der Waals surface area contributed by atoms with Crippen molar-refractivity contribution in [3.05, 3.63) is 29.3 Å². The predicted octanol–water partition coefficient (Wildman–Crippen LogP) is -0.744. The van der Waals surface area contributed by atoms with Gasteiger partial charge in [0.05, 0.1) is 11.1 Å². The third-order valence-corrected chi connectivity index (χ3v) is 1.80. The van der Waals surface area contributed by atoms with Gasteiger partial charge in [0.15, 0.2) is 0 Å². The number of ether oxygens (including phenoxy) is 1. The molecule has 0 aromatic heterocycles. The van der Waals surface area contributed by atoms with Crippen LogP contribution in [0.25, 0.3) is 0 Å². The second-order valence-electron chi connectivity index (χ2n) is 2.73. The van der Waals surface area contributed by atoms with Gasteiger partial charge in [-0.15, -0.1) is 0 Å². The molecule has 58 valence electrons. The first kappa shape index (κ1) is 7.09. The quantitative estimate of drug-likeness (QED) is 0.285. The summed E-state index contributed by atoms with van der Waals surface area (Å²) in [4.78, 5) is 21.9. The fourth-order valence-corrected chi connectivity index (χ4v) is 1.20. The van der Waals surface area contributed by atoms with Gasteiger partial charge < -0.3 is 4.74 Å². The zero-order valence-electron chi connectivity index (χ0n) is 6.46. The number of rotatable bonds is 0. The lowest BCUT2D eigenvalue weighted by Gasteiger charge is -1.92. The van der Waals surface area contributed by atoms with Crippen molar-refractivity contribution in [1.82, 2.24) is 0 Å². The summed E-state index contributed by atoms with van der Waals surface area (Å²) in [6, 6.07) is 5.04. The number of hydrogen-bond donors (Lipinski definition) is 0. The number of cyclic esters (lactones) is 2. The Morgan fingerprint density at radius 1 is 1.08 bits per heavy atom. The molecule has 1 aromatic carbocycles. The molecule has 0 amide bonds. The molecule has 0 radical (unpaired) electrons. The molecule has 1 aliphatic heterocycles. The van der Waals surface area contributed by atoms with Crippen LogP contribution in [0.15, 0.2) is 18.2 Å². The number of carbonyl (C=O) groups is 2. The lowest BCUT2D eigenvalue weighted by molar-refractivity contribution is 0.0444. The molecule has 1 aromatic rings. The van der Waals surface area contributed by atoms with E-state index >= 15 is 0 Å². The summed E-state index contributed by atoms with van der Waals surface area (Å²) >= 11 is 0. The largest absolute Gasteiger partial charge is 0.386 e. The summed E-state index contributed by atoms with van der Waals surface area (Å²) in [6.45, 7) is 0. The van der Waals surface area contributed by atoms with Gasteiger partial charge in [0.25, 0.3) is 0 Å². The molecule has 0 fully saturated rings. The van der Waals surface area contributed by atoms with Gasteiger partial charge in [-0.25, -0.2) is 9.59 Å². The first-order valence-electron chi connectivity index (χ1n) is 3.55. The van der Waals surface area contributed by atoms with Gasteiger partial charge in [-0.1, -0.05) is 17.6 Å². The third-order valence-electron chi connectivity index (χ3n) is 1.80. The molecule has 0 atom stereocenters. The standard InChI is InChI=1S/C8H5BO3/c9-4-1-2-5-6(3-4)8(11)12-7(5)10/h1-3H,9H2. The molecule has 4 heteroatoms. The Kier molecular flexibility index (Phi) is 1.30. The number of fused-ring (bicyclic) bond motifs is 1. The van der Waals surface area contributed by atoms with Gasteiger partial charge in [0.2, 0.25) is 0 Å². The summed E-state index contributed by atoms with van der Waals surface area (Å²) in [5.74, 6) is -1.09. The molecular weight excluding hydrogens is 155 g/mol. The predicted molar refractivity (Wildman–Crippen MR) is 44.4 cm³/mol.